The topological polar surface area (TPSA) is 54.4 Å². The van der Waals surface area contributed by atoms with E-state index in [9.17, 15) is 5.11 Å². The van der Waals surface area contributed by atoms with Gasteiger partial charge in [-0.1, -0.05) is 6.92 Å². The largest absolute Gasteiger partial charge is 0.494 e. The molecule has 2 aromatic rings. The molecule has 0 unspecified atom stereocenters. The van der Waals surface area contributed by atoms with Gasteiger partial charge in [0, 0.05) is 16.6 Å². The van der Waals surface area contributed by atoms with Crippen LogP contribution in [0.15, 0.2) is 23.6 Å². The number of nitrogens with zero attached hydrogens (tertiary/aromatic N) is 1. The Morgan fingerprint density at radius 3 is 2.85 bits per heavy atom. The Balaban J connectivity index is 2.02. The molecular weight excluding hydrogens is 272 g/mol. The zero-order valence-electron chi connectivity index (χ0n) is 11.8. The van der Waals surface area contributed by atoms with Crippen molar-refractivity contribution in [3.8, 4) is 5.75 Å². The number of ether oxygens (including phenoxy) is 1. The second-order valence-electron chi connectivity index (χ2n) is 4.35. The van der Waals surface area contributed by atoms with Gasteiger partial charge in [-0.05, 0) is 31.5 Å². The first-order chi connectivity index (χ1) is 9.76. The van der Waals surface area contributed by atoms with E-state index in [4.69, 9.17) is 4.74 Å². The third-order valence-corrected chi connectivity index (χ3v) is 3.95. The number of aliphatic hydroxyl groups excluding tert-OH is 1. The Morgan fingerprint density at radius 2 is 2.20 bits per heavy atom. The predicted octanol–water partition coefficient (Wildman–Crippen LogP) is 3.21. The average Bonchev–Trinajstić information content (AvgIpc) is 2.94. The molecule has 4 nitrogen and oxygen atoms in total. The predicted molar refractivity (Wildman–Crippen MR) is 82.4 cm³/mol. The summed E-state index contributed by atoms with van der Waals surface area (Å²) in [4.78, 5) is 4.52. The van der Waals surface area contributed by atoms with E-state index < -0.39 is 0 Å². The monoisotopic (exact) mass is 292 g/mol. The van der Waals surface area contributed by atoms with E-state index in [1.54, 1.807) is 11.3 Å². The number of aryl methyl sites for hydroxylation is 1. The number of hydrogen-bond donors (Lipinski definition) is 2. The fourth-order valence-electron chi connectivity index (χ4n) is 1.89. The van der Waals surface area contributed by atoms with E-state index in [1.807, 2.05) is 25.1 Å². The summed E-state index contributed by atoms with van der Waals surface area (Å²) in [5.74, 6) is 0.738. The van der Waals surface area contributed by atoms with E-state index in [1.165, 1.54) is 0 Å². The Labute approximate surface area is 123 Å². The lowest BCUT2D eigenvalue weighted by atomic mass is 10.2. The zero-order valence-corrected chi connectivity index (χ0v) is 12.7. The van der Waals surface area contributed by atoms with Crippen LogP contribution in [0.4, 0.5) is 5.69 Å². The number of thiazole rings is 1. The summed E-state index contributed by atoms with van der Waals surface area (Å²) >= 11 is 1.69. The molecule has 0 bridgehead atoms. The second-order valence-corrected chi connectivity index (χ2v) is 5.30. The molecule has 0 atom stereocenters. The van der Waals surface area contributed by atoms with Gasteiger partial charge in [0.05, 0.1) is 30.5 Å². The summed E-state index contributed by atoms with van der Waals surface area (Å²) in [6.07, 6.45) is 0.975. The maximum atomic E-state index is 9.37. The maximum absolute atomic E-state index is 9.37. The van der Waals surface area contributed by atoms with Gasteiger partial charge in [0.2, 0.25) is 0 Å². The van der Waals surface area contributed by atoms with Gasteiger partial charge < -0.3 is 15.2 Å². The Morgan fingerprint density at radius 1 is 1.35 bits per heavy atom. The lowest BCUT2D eigenvalue weighted by Crippen LogP contribution is -2.02. The van der Waals surface area contributed by atoms with Crippen LogP contribution in [-0.4, -0.2) is 16.7 Å². The SMILES string of the molecule is CCOc1ccc(NCc2csc(CC)n2)cc1CO. The molecule has 20 heavy (non-hydrogen) atoms. The molecular formula is C15H20N2O2S. The molecule has 1 heterocycles. The van der Waals surface area contributed by atoms with Gasteiger partial charge in [0.25, 0.3) is 0 Å². The van der Waals surface area contributed by atoms with Gasteiger partial charge in [-0.2, -0.15) is 0 Å². The Bertz CT molecular complexity index is 555. The van der Waals surface area contributed by atoms with Gasteiger partial charge in [-0.15, -0.1) is 11.3 Å². The van der Waals surface area contributed by atoms with Crippen molar-refractivity contribution in [3.63, 3.8) is 0 Å². The summed E-state index contributed by atoms with van der Waals surface area (Å²) in [7, 11) is 0. The number of aromatic nitrogens is 1. The highest BCUT2D eigenvalue weighted by molar-refractivity contribution is 7.09. The first-order valence-corrected chi connectivity index (χ1v) is 7.68. The van der Waals surface area contributed by atoms with Crippen molar-refractivity contribution in [2.45, 2.75) is 33.4 Å². The molecule has 5 heteroatoms. The molecule has 0 saturated heterocycles. The smallest absolute Gasteiger partial charge is 0.124 e. The number of anilines is 1. The highest BCUT2D eigenvalue weighted by atomic mass is 32.1. The Kier molecular flexibility index (Phi) is 5.38. The lowest BCUT2D eigenvalue weighted by Gasteiger charge is -2.11. The standard InChI is InChI=1S/C15H20N2O2S/c1-3-15-17-13(10-20-15)8-16-12-5-6-14(19-4-2)11(7-12)9-18/h5-7,10,16,18H,3-4,8-9H2,1-2H3. The number of rotatable bonds is 7. The van der Waals surface area contributed by atoms with Crippen molar-refractivity contribution in [1.29, 1.82) is 0 Å². The highest BCUT2D eigenvalue weighted by Gasteiger charge is 2.05. The first-order valence-electron chi connectivity index (χ1n) is 6.80. The van der Waals surface area contributed by atoms with Crippen LogP contribution in [0.2, 0.25) is 0 Å². The third-order valence-electron chi connectivity index (χ3n) is 2.91. The van der Waals surface area contributed by atoms with Crippen molar-refractivity contribution in [3.05, 3.63) is 39.8 Å². The van der Waals surface area contributed by atoms with Crippen LogP contribution >= 0.6 is 11.3 Å². The van der Waals surface area contributed by atoms with E-state index in [0.717, 1.165) is 34.1 Å². The molecule has 0 amide bonds. The van der Waals surface area contributed by atoms with E-state index in [-0.39, 0.29) is 6.61 Å². The van der Waals surface area contributed by atoms with Crippen molar-refractivity contribution >= 4 is 17.0 Å². The first kappa shape index (κ1) is 14.8. The van der Waals surface area contributed by atoms with Gasteiger partial charge in [0.1, 0.15) is 5.75 Å². The van der Waals surface area contributed by atoms with Crippen molar-refractivity contribution in [2.24, 2.45) is 0 Å². The van der Waals surface area contributed by atoms with Crippen LogP contribution in [0.25, 0.3) is 0 Å². The highest BCUT2D eigenvalue weighted by Crippen LogP contribution is 2.23. The number of hydrogen-bond acceptors (Lipinski definition) is 5. The summed E-state index contributed by atoms with van der Waals surface area (Å²) in [5, 5.41) is 15.9. The fraction of sp³-hybridized carbons (Fsp3) is 0.400. The van der Waals surface area contributed by atoms with Gasteiger partial charge in [0.15, 0.2) is 0 Å². The normalized spacial score (nSPS) is 10.6. The fourth-order valence-corrected chi connectivity index (χ4v) is 2.64. The lowest BCUT2D eigenvalue weighted by molar-refractivity contribution is 0.267. The molecule has 0 fully saturated rings. The second kappa shape index (κ2) is 7.26. The maximum Gasteiger partial charge on any atom is 0.124 e. The number of benzene rings is 1. The zero-order chi connectivity index (χ0) is 14.4. The molecule has 108 valence electrons. The molecule has 0 aliphatic carbocycles. The minimum atomic E-state index is -0.0263. The molecule has 1 aromatic carbocycles. The molecule has 1 aromatic heterocycles. The third kappa shape index (κ3) is 3.71. The quantitative estimate of drug-likeness (QED) is 0.823. The number of aliphatic hydroxyl groups is 1. The average molecular weight is 292 g/mol. The van der Waals surface area contributed by atoms with Gasteiger partial charge in [-0.25, -0.2) is 4.98 Å². The van der Waals surface area contributed by atoms with Gasteiger partial charge in [-0.3, -0.25) is 0 Å². The van der Waals surface area contributed by atoms with E-state index in [2.05, 4.69) is 22.6 Å². The molecule has 2 N–H and O–H groups in total. The molecule has 0 radical (unpaired) electrons. The van der Waals surface area contributed by atoms with Crippen molar-refractivity contribution in [1.82, 2.24) is 4.98 Å². The van der Waals surface area contributed by atoms with Crippen molar-refractivity contribution in [2.75, 3.05) is 11.9 Å². The minimum Gasteiger partial charge on any atom is -0.494 e. The summed E-state index contributed by atoms with van der Waals surface area (Å²) in [6.45, 7) is 5.30. The van der Waals surface area contributed by atoms with E-state index in [0.29, 0.717) is 13.2 Å². The van der Waals surface area contributed by atoms with Crippen LogP contribution < -0.4 is 10.1 Å². The molecule has 2 rings (SSSR count). The summed E-state index contributed by atoms with van der Waals surface area (Å²) in [6, 6.07) is 5.76. The van der Waals surface area contributed by atoms with Crippen LogP contribution in [0, 0.1) is 0 Å². The number of nitrogens with one attached hydrogen (secondary N) is 1. The summed E-state index contributed by atoms with van der Waals surface area (Å²) in [5.41, 5.74) is 2.80. The minimum absolute atomic E-state index is 0.0263. The van der Waals surface area contributed by atoms with E-state index >= 15 is 0 Å². The van der Waals surface area contributed by atoms with Crippen LogP contribution in [-0.2, 0) is 19.6 Å². The van der Waals surface area contributed by atoms with Gasteiger partial charge >= 0.3 is 0 Å². The summed E-state index contributed by atoms with van der Waals surface area (Å²) < 4.78 is 5.47. The molecule has 0 saturated carbocycles. The van der Waals surface area contributed by atoms with Crippen molar-refractivity contribution < 1.29 is 9.84 Å². The molecule has 0 spiro atoms. The molecule has 0 aliphatic heterocycles. The Hall–Kier alpha value is -1.59. The van der Waals surface area contributed by atoms with Crippen LogP contribution in [0.5, 0.6) is 5.75 Å². The van der Waals surface area contributed by atoms with Crippen LogP contribution in [0.1, 0.15) is 30.1 Å². The van der Waals surface area contributed by atoms with Crippen LogP contribution in [0.3, 0.4) is 0 Å². The molecule has 0 aliphatic rings.